The van der Waals surface area contributed by atoms with E-state index in [2.05, 4.69) is 10.3 Å². The van der Waals surface area contributed by atoms with Gasteiger partial charge in [-0.2, -0.15) is 0 Å². The summed E-state index contributed by atoms with van der Waals surface area (Å²) in [7, 11) is 0. The van der Waals surface area contributed by atoms with Gasteiger partial charge in [0, 0.05) is 18.0 Å². The van der Waals surface area contributed by atoms with E-state index in [1.165, 1.54) is 6.42 Å². The number of nitrogens with one attached hydrogen (secondary N) is 1. The van der Waals surface area contributed by atoms with Gasteiger partial charge in [0.05, 0.1) is 11.6 Å². The lowest BCUT2D eigenvalue weighted by molar-refractivity contribution is -0.132. The van der Waals surface area contributed by atoms with Crippen molar-refractivity contribution in [2.24, 2.45) is 0 Å². The summed E-state index contributed by atoms with van der Waals surface area (Å²) in [6, 6.07) is 10.9. The topological polar surface area (TPSA) is 82.5 Å². The predicted octanol–water partition coefficient (Wildman–Crippen LogP) is 2.65. The van der Waals surface area contributed by atoms with Gasteiger partial charge in [-0.1, -0.05) is 43.5 Å². The molecule has 1 saturated carbocycles. The third-order valence-corrected chi connectivity index (χ3v) is 5.96. The van der Waals surface area contributed by atoms with Crippen LogP contribution in [-0.4, -0.2) is 51.5 Å². The monoisotopic (exact) mass is 381 g/mol. The van der Waals surface area contributed by atoms with Crippen molar-refractivity contribution in [3.63, 3.8) is 0 Å². The van der Waals surface area contributed by atoms with E-state index < -0.39 is 12.1 Å². The van der Waals surface area contributed by atoms with Gasteiger partial charge in [0.2, 0.25) is 0 Å². The zero-order valence-corrected chi connectivity index (χ0v) is 16.0. The number of pyridine rings is 1. The van der Waals surface area contributed by atoms with Gasteiger partial charge in [0.15, 0.2) is 6.10 Å². The van der Waals surface area contributed by atoms with Crippen LogP contribution in [0.3, 0.4) is 0 Å². The number of carbonyl (C=O) groups is 2. The van der Waals surface area contributed by atoms with Crippen molar-refractivity contribution in [1.82, 2.24) is 15.2 Å². The van der Waals surface area contributed by atoms with Crippen LogP contribution in [0, 0.1) is 0 Å². The Morgan fingerprint density at radius 3 is 2.64 bits per heavy atom. The molecular weight excluding hydrogens is 354 g/mol. The first kappa shape index (κ1) is 18.9. The van der Waals surface area contributed by atoms with Crippen LogP contribution in [0.5, 0.6) is 0 Å². The summed E-state index contributed by atoms with van der Waals surface area (Å²) in [5.41, 5.74) is 1.12. The maximum absolute atomic E-state index is 13.0. The fourth-order valence-corrected chi connectivity index (χ4v) is 4.41. The second kappa shape index (κ2) is 8.27. The van der Waals surface area contributed by atoms with Crippen LogP contribution in [0.2, 0.25) is 0 Å². The maximum Gasteiger partial charge on any atom is 0.272 e. The summed E-state index contributed by atoms with van der Waals surface area (Å²) in [6.07, 6.45) is 5.56. The molecule has 28 heavy (non-hydrogen) atoms. The third-order valence-electron chi connectivity index (χ3n) is 5.96. The van der Waals surface area contributed by atoms with Crippen LogP contribution in [-0.2, 0) is 4.79 Å². The highest BCUT2D eigenvalue weighted by Gasteiger charge is 2.38. The van der Waals surface area contributed by atoms with E-state index in [9.17, 15) is 14.7 Å². The Morgan fingerprint density at radius 1 is 1.04 bits per heavy atom. The number of nitrogens with zero attached hydrogens (tertiary/aromatic N) is 2. The first-order valence-electron chi connectivity index (χ1n) is 10.3. The molecule has 148 valence electrons. The van der Waals surface area contributed by atoms with Gasteiger partial charge in [-0.25, -0.2) is 4.98 Å². The van der Waals surface area contributed by atoms with E-state index in [-0.39, 0.29) is 17.9 Å². The minimum absolute atomic E-state index is 0.142. The number of likely N-dealkylation sites (tertiary alicyclic amines) is 1. The lowest BCUT2D eigenvalue weighted by Gasteiger charge is -2.30. The highest BCUT2D eigenvalue weighted by atomic mass is 16.3. The SMILES string of the molecule is O=C(NC1CCCCC1)C(O)C1CCCN1C(=O)c1ccc2ccccc2n1. The Hall–Kier alpha value is -2.47. The first-order valence-corrected chi connectivity index (χ1v) is 10.3. The van der Waals surface area contributed by atoms with Crippen molar-refractivity contribution < 1.29 is 14.7 Å². The molecular formula is C22H27N3O3. The average Bonchev–Trinajstić information content (AvgIpc) is 3.22. The lowest BCUT2D eigenvalue weighted by atomic mass is 9.95. The Bertz CT molecular complexity index is 863. The van der Waals surface area contributed by atoms with Gasteiger partial charge in [-0.3, -0.25) is 9.59 Å². The summed E-state index contributed by atoms with van der Waals surface area (Å²) in [5, 5.41) is 14.6. The van der Waals surface area contributed by atoms with Crippen molar-refractivity contribution in [3.8, 4) is 0 Å². The van der Waals surface area contributed by atoms with E-state index in [1.54, 1.807) is 11.0 Å². The van der Waals surface area contributed by atoms with Gasteiger partial charge >= 0.3 is 0 Å². The highest BCUT2D eigenvalue weighted by molar-refractivity contribution is 5.95. The Balaban J connectivity index is 1.46. The maximum atomic E-state index is 13.0. The molecule has 1 aromatic carbocycles. The molecule has 4 rings (SSSR count). The molecule has 1 saturated heterocycles. The quantitative estimate of drug-likeness (QED) is 0.853. The molecule has 2 atom stereocenters. The zero-order chi connectivity index (χ0) is 19.5. The van der Waals surface area contributed by atoms with Crippen LogP contribution in [0.25, 0.3) is 10.9 Å². The fraction of sp³-hybridized carbons (Fsp3) is 0.500. The Labute approximate surface area is 164 Å². The molecule has 6 heteroatoms. The van der Waals surface area contributed by atoms with E-state index in [1.807, 2.05) is 30.3 Å². The summed E-state index contributed by atoms with van der Waals surface area (Å²) in [4.78, 5) is 31.7. The molecule has 0 bridgehead atoms. The zero-order valence-electron chi connectivity index (χ0n) is 16.0. The summed E-state index contributed by atoms with van der Waals surface area (Å²) in [5.74, 6) is -0.583. The van der Waals surface area contributed by atoms with E-state index >= 15 is 0 Å². The normalized spacial score (nSPS) is 21.6. The van der Waals surface area contributed by atoms with Gasteiger partial charge in [0.1, 0.15) is 5.69 Å². The molecule has 2 aliphatic rings. The molecule has 6 nitrogen and oxygen atoms in total. The second-order valence-electron chi connectivity index (χ2n) is 7.89. The third kappa shape index (κ3) is 3.87. The minimum atomic E-state index is -1.20. The number of para-hydroxylation sites is 1. The lowest BCUT2D eigenvalue weighted by Crippen LogP contribution is -2.52. The Morgan fingerprint density at radius 2 is 1.82 bits per heavy atom. The number of aromatic nitrogens is 1. The number of hydrogen-bond donors (Lipinski definition) is 2. The number of rotatable bonds is 4. The Kier molecular flexibility index (Phi) is 5.57. The number of aliphatic hydroxyl groups is 1. The number of hydrogen-bond acceptors (Lipinski definition) is 4. The molecule has 1 aliphatic heterocycles. The van der Waals surface area contributed by atoms with Gasteiger partial charge < -0.3 is 15.3 Å². The first-order chi connectivity index (χ1) is 13.6. The summed E-state index contributed by atoms with van der Waals surface area (Å²) in [6.45, 7) is 0.534. The summed E-state index contributed by atoms with van der Waals surface area (Å²) >= 11 is 0. The number of carbonyl (C=O) groups excluding carboxylic acids is 2. The van der Waals surface area contributed by atoms with Crippen LogP contribution >= 0.6 is 0 Å². The fourth-order valence-electron chi connectivity index (χ4n) is 4.41. The number of benzene rings is 1. The van der Waals surface area contributed by atoms with Crippen LogP contribution in [0.15, 0.2) is 36.4 Å². The van der Waals surface area contributed by atoms with Crippen LogP contribution < -0.4 is 5.32 Å². The van der Waals surface area contributed by atoms with Gasteiger partial charge in [0.25, 0.3) is 11.8 Å². The smallest absolute Gasteiger partial charge is 0.272 e. The molecule has 0 radical (unpaired) electrons. The van der Waals surface area contributed by atoms with Crippen molar-refractivity contribution in [1.29, 1.82) is 0 Å². The molecule has 2 fully saturated rings. The molecule has 2 N–H and O–H groups in total. The van der Waals surface area contributed by atoms with Crippen LogP contribution in [0.1, 0.15) is 55.4 Å². The number of aliphatic hydroxyl groups excluding tert-OH is 1. The van der Waals surface area contributed by atoms with Crippen molar-refractivity contribution in [2.45, 2.75) is 63.1 Å². The van der Waals surface area contributed by atoms with Gasteiger partial charge in [-0.15, -0.1) is 0 Å². The number of amides is 2. The van der Waals surface area contributed by atoms with Gasteiger partial charge in [-0.05, 0) is 37.8 Å². The van der Waals surface area contributed by atoms with Crippen molar-refractivity contribution >= 4 is 22.7 Å². The molecule has 2 aromatic rings. The molecule has 2 unspecified atom stereocenters. The molecule has 2 heterocycles. The van der Waals surface area contributed by atoms with Crippen LogP contribution in [0.4, 0.5) is 0 Å². The second-order valence-corrected chi connectivity index (χ2v) is 7.89. The van der Waals surface area contributed by atoms with E-state index in [4.69, 9.17) is 0 Å². The average molecular weight is 381 g/mol. The summed E-state index contributed by atoms with van der Waals surface area (Å²) < 4.78 is 0. The molecule has 1 aromatic heterocycles. The standard InChI is InChI=1S/C22H27N3O3/c26-20(21(27)23-16-8-2-1-3-9-16)19-11-6-14-25(19)22(28)18-13-12-15-7-4-5-10-17(15)24-18/h4-5,7,10,12-13,16,19-20,26H,1-3,6,8-9,11,14H2,(H,23,27). The minimum Gasteiger partial charge on any atom is -0.381 e. The largest absolute Gasteiger partial charge is 0.381 e. The molecule has 0 spiro atoms. The highest BCUT2D eigenvalue weighted by Crippen LogP contribution is 2.24. The predicted molar refractivity (Wildman–Crippen MR) is 107 cm³/mol. The van der Waals surface area contributed by atoms with Crippen molar-refractivity contribution in [2.75, 3.05) is 6.54 Å². The number of fused-ring (bicyclic) bond motifs is 1. The van der Waals surface area contributed by atoms with E-state index in [0.717, 1.165) is 43.0 Å². The molecule has 1 aliphatic carbocycles. The molecule has 2 amide bonds. The van der Waals surface area contributed by atoms with Crippen molar-refractivity contribution in [3.05, 3.63) is 42.1 Å². The van der Waals surface area contributed by atoms with E-state index in [0.29, 0.717) is 18.7 Å².